The van der Waals surface area contributed by atoms with Crippen LogP contribution in [-0.4, -0.2) is 15.5 Å². The summed E-state index contributed by atoms with van der Waals surface area (Å²) in [6, 6.07) is 13.6. The van der Waals surface area contributed by atoms with Crippen molar-refractivity contribution in [3.05, 3.63) is 82.4 Å². The maximum absolute atomic E-state index is 12.6. The van der Waals surface area contributed by atoms with Crippen LogP contribution in [0.5, 0.6) is 0 Å². The first kappa shape index (κ1) is 19.1. The van der Waals surface area contributed by atoms with Crippen LogP contribution in [0.15, 0.2) is 54.4 Å². The maximum Gasteiger partial charge on any atom is 0.266 e. The van der Waals surface area contributed by atoms with E-state index >= 15 is 0 Å². The summed E-state index contributed by atoms with van der Waals surface area (Å²) >= 11 is 0. The van der Waals surface area contributed by atoms with E-state index in [0.29, 0.717) is 5.69 Å². The summed E-state index contributed by atoms with van der Waals surface area (Å²) in [5, 5.41) is 12.4. The van der Waals surface area contributed by atoms with Gasteiger partial charge in [0.1, 0.15) is 11.6 Å². The topological polar surface area (TPSA) is 70.7 Å². The van der Waals surface area contributed by atoms with E-state index in [1.807, 2.05) is 70.2 Å². The SMILES string of the molecule is Cc1cc(C)cc(NC(=O)/C(C#N)=C\c2cc(C)n(-c3cccnc3)c2C)c1. The Morgan fingerprint density at radius 1 is 1.14 bits per heavy atom. The highest BCUT2D eigenvalue weighted by Gasteiger charge is 2.14. The zero-order valence-corrected chi connectivity index (χ0v) is 16.4. The molecule has 0 fully saturated rings. The molecular weight excluding hydrogens is 348 g/mol. The van der Waals surface area contributed by atoms with Crippen molar-refractivity contribution in [2.24, 2.45) is 0 Å². The average Bonchev–Trinajstić information content (AvgIpc) is 2.92. The van der Waals surface area contributed by atoms with Gasteiger partial charge in [-0.1, -0.05) is 6.07 Å². The Kier molecular flexibility index (Phi) is 5.42. The van der Waals surface area contributed by atoms with Gasteiger partial charge in [-0.15, -0.1) is 0 Å². The molecule has 1 amide bonds. The first-order chi connectivity index (χ1) is 13.4. The minimum absolute atomic E-state index is 0.0607. The predicted molar refractivity (Wildman–Crippen MR) is 111 cm³/mol. The van der Waals surface area contributed by atoms with Crippen LogP contribution < -0.4 is 5.32 Å². The number of benzene rings is 1. The molecule has 3 rings (SSSR count). The van der Waals surface area contributed by atoms with Crippen molar-refractivity contribution < 1.29 is 4.79 Å². The highest BCUT2D eigenvalue weighted by Crippen LogP contribution is 2.23. The van der Waals surface area contributed by atoms with Crippen LogP contribution in [-0.2, 0) is 4.79 Å². The molecule has 1 N–H and O–H groups in total. The lowest BCUT2D eigenvalue weighted by Crippen LogP contribution is -2.13. The van der Waals surface area contributed by atoms with Gasteiger partial charge in [0, 0.05) is 23.3 Å². The second kappa shape index (κ2) is 7.93. The fourth-order valence-corrected chi connectivity index (χ4v) is 3.37. The van der Waals surface area contributed by atoms with Gasteiger partial charge in [0.05, 0.1) is 11.9 Å². The molecule has 1 aromatic carbocycles. The van der Waals surface area contributed by atoms with Crippen molar-refractivity contribution in [2.45, 2.75) is 27.7 Å². The van der Waals surface area contributed by atoms with E-state index < -0.39 is 5.91 Å². The molecule has 0 unspecified atom stereocenters. The van der Waals surface area contributed by atoms with Gasteiger partial charge in [0.2, 0.25) is 0 Å². The van der Waals surface area contributed by atoms with Gasteiger partial charge in [-0.3, -0.25) is 9.78 Å². The smallest absolute Gasteiger partial charge is 0.266 e. The highest BCUT2D eigenvalue weighted by molar-refractivity contribution is 6.09. The monoisotopic (exact) mass is 370 g/mol. The zero-order chi connectivity index (χ0) is 20.3. The number of pyridine rings is 1. The summed E-state index contributed by atoms with van der Waals surface area (Å²) in [6.45, 7) is 7.88. The van der Waals surface area contributed by atoms with E-state index in [-0.39, 0.29) is 5.57 Å². The first-order valence-electron chi connectivity index (χ1n) is 9.00. The number of aryl methyl sites for hydroxylation is 3. The first-order valence-corrected chi connectivity index (χ1v) is 9.00. The molecule has 0 saturated carbocycles. The van der Waals surface area contributed by atoms with Crippen LogP contribution in [0.25, 0.3) is 11.8 Å². The number of carbonyl (C=O) groups is 1. The van der Waals surface area contributed by atoms with Gasteiger partial charge in [0.25, 0.3) is 5.91 Å². The summed E-state index contributed by atoms with van der Waals surface area (Å²) in [4.78, 5) is 16.8. The van der Waals surface area contributed by atoms with Crippen molar-refractivity contribution in [1.82, 2.24) is 9.55 Å². The molecule has 5 heteroatoms. The molecule has 3 aromatic rings. The molecule has 2 heterocycles. The Labute approximate surface area is 165 Å². The third-order valence-electron chi connectivity index (χ3n) is 4.52. The molecule has 140 valence electrons. The van der Waals surface area contributed by atoms with Crippen molar-refractivity contribution >= 4 is 17.7 Å². The zero-order valence-electron chi connectivity index (χ0n) is 16.4. The molecule has 2 aromatic heterocycles. The van der Waals surface area contributed by atoms with Gasteiger partial charge in [-0.2, -0.15) is 5.26 Å². The Morgan fingerprint density at radius 2 is 1.86 bits per heavy atom. The van der Waals surface area contributed by atoms with Gasteiger partial charge in [-0.25, -0.2) is 0 Å². The molecule has 0 saturated heterocycles. The Hall–Kier alpha value is -3.65. The van der Waals surface area contributed by atoms with E-state index in [9.17, 15) is 10.1 Å². The Morgan fingerprint density at radius 3 is 2.46 bits per heavy atom. The number of nitrogens with zero attached hydrogens (tertiary/aromatic N) is 3. The molecule has 5 nitrogen and oxygen atoms in total. The van der Waals surface area contributed by atoms with Gasteiger partial charge in [-0.05, 0) is 80.8 Å². The summed E-state index contributed by atoms with van der Waals surface area (Å²) in [6.07, 6.45) is 5.14. The number of aromatic nitrogens is 2. The van der Waals surface area contributed by atoms with Gasteiger partial charge < -0.3 is 9.88 Å². The number of rotatable bonds is 4. The number of nitriles is 1. The Balaban J connectivity index is 1.93. The van der Waals surface area contributed by atoms with E-state index in [1.165, 1.54) is 0 Å². The lowest BCUT2D eigenvalue weighted by Gasteiger charge is -2.09. The summed E-state index contributed by atoms with van der Waals surface area (Å²) in [5.74, 6) is -0.418. The molecule has 28 heavy (non-hydrogen) atoms. The van der Waals surface area contributed by atoms with Crippen LogP contribution in [0, 0.1) is 39.0 Å². The average molecular weight is 370 g/mol. The van der Waals surface area contributed by atoms with Crippen LogP contribution in [0.2, 0.25) is 0 Å². The van der Waals surface area contributed by atoms with Crippen molar-refractivity contribution in [3.63, 3.8) is 0 Å². The fourth-order valence-electron chi connectivity index (χ4n) is 3.37. The normalized spacial score (nSPS) is 11.2. The van der Waals surface area contributed by atoms with E-state index in [0.717, 1.165) is 33.8 Å². The van der Waals surface area contributed by atoms with Crippen molar-refractivity contribution in [3.8, 4) is 11.8 Å². The predicted octanol–water partition coefficient (Wildman–Crippen LogP) is 4.65. The van der Waals surface area contributed by atoms with E-state index in [2.05, 4.69) is 14.9 Å². The van der Waals surface area contributed by atoms with Crippen LogP contribution >= 0.6 is 0 Å². The summed E-state index contributed by atoms with van der Waals surface area (Å²) in [5.41, 5.74) is 6.57. The highest BCUT2D eigenvalue weighted by atomic mass is 16.1. The van der Waals surface area contributed by atoms with Crippen LogP contribution in [0.3, 0.4) is 0 Å². The molecule has 0 aliphatic carbocycles. The van der Waals surface area contributed by atoms with Crippen molar-refractivity contribution in [1.29, 1.82) is 5.26 Å². The maximum atomic E-state index is 12.6. The molecule has 0 aliphatic rings. The standard InChI is InChI=1S/C23H22N4O/c1-15-8-16(2)10-21(9-15)26-23(28)20(13-24)12-19-11-17(3)27(18(19)4)22-6-5-7-25-14-22/h5-12,14H,1-4H3,(H,26,28)/b20-12-. The van der Waals surface area contributed by atoms with Gasteiger partial charge in [0.15, 0.2) is 0 Å². The minimum Gasteiger partial charge on any atom is -0.321 e. The largest absolute Gasteiger partial charge is 0.321 e. The van der Waals surface area contributed by atoms with Crippen LogP contribution in [0.4, 0.5) is 5.69 Å². The molecule has 0 atom stereocenters. The second-order valence-corrected chi connectivity index (χ2v) is 6.87. The third-order valence-corrected chi connectivity index (χ3v) is 4.52. The fraction of sp³-hybridized carbons (Fsp3) is 0.174. The minimum atomic E-state index is -0.418. The third kappa shape index (κ3) is 4.02. The lowest BCUT2D eigenvalue weighted by atomic mass is 10.1. The Bertz CT molecular complexity index is 1080. The quantitative estimate of drug-likeness (QED) is 0.537. The van der Waals surface area contributed by atoms with E-state index in [1.54, 1.807) is 18.5 Å². The second-order valence-electron chi connectivity index (χ2n) is 6.87. The summed E-state index contributed by atoms with van der Waals surface area (Å²) in [7, 11) is 0. The number of anilines is 1. The van der Waals surface area contributed by atoms with Crippen molar-refractivity contribution in [2.75, 3.05) is 5.32 Å². The number of hydrogen-bond acceptors (Lipinski definition) is 3. The van der Waals surface area contributed by atoms with Gasteiger partial charge >= 0.3 is 0 Å². The molecule has 0 spiro atoms. The summed E-state index contributed by atoms with van der Waals surface area (Å²) < 4.78 is 2.05. The number of nitrogens with one attached hydrogen (secondary N) is 1. The molecular formula is C23H22N4O. The van der Waals surface area contributed by atoms with E-state index in [4.69, 9.17) is 0 Å². The molecule has 0 radical (unpaired) electrons. The molecule has 0 bridgehead atoms. The number of carbonyl (C=O) groups excluding carboxylic acids is 1. The molecule has 0 aliphatic heterocycles. The van der Waals surface area contributed by atoms with Crippen LogP contribution in [0.1, 0.15) is 28.1 Å². The lowest BCUT2D eigenvalue weighted by molar-refractivity contribution is -0.112. The number of amides is 1. The number of hydrogen-bond donors (Lipinski definition) is 1.